The Morgan fingerprint density at radius 3 is 2.65 bits per heavy atom. The summed E-state index contributed by atoms with van der Waals surface area (Å²) in [5, 5.41) is 3.45. The van der Waals surface area contributed by atoms with Crippen LogP contribution in [0.4, 0.5) is 5.82 Å². The number of pyridine rings is 1. The highest BCUT2D eigenvalue weighted by Gasteiger charge is 2.31. The van der Waals surface area contributed by atoms with E-state index >= 15 is 0 Å². The molecule has 0 unspecified atom stereocenters. The summed E-state index contributed by atoms with van der Waals surface area (Å²) in [4.78, 5) is 30.2. The van der Waals surface area contributed by atoms with Crippen molar-refractivity contribution in [1.82, 2.24) is 4.98 Å². The molecule has 37 heavy (non-hydrogen) atoms. The fourth-order valence-electron chi connectivity index (χ4n) is 4.74. The molecule has 4 aromatic rings. The third-order valence-electron chi connectivity index (χ3n) is 6.68. The number of hydrogen-bond acceptors (Lipinski definition) is 6. The second kappa shape index (κ2) is 9.73. The molecule has 0 spiro atoms. The molecule has 0 aliphatic carbocycles. The topological polar surface area (TPSA) is 90.7 Å². The van der Waals surface area contributed by atoms with Gasteiger partial charge in [0, 0.05) is 29.3 Å². The van der Waals surface area contributed by atoms with Gasteiger partial charge in [0.25, 0.3) is 5.91 Å². The Hall–Kier alpha value is -4.13. The Morgan fingerprint density at radius 2 is 1.89 bits per heavy atom. The molecular formula is C30H30N2O5. The lowest BCUT2D eigenvalue weighted by Crippen LogP contribution is -2.32. The molecule has 0 saturated heterocycles. The second-order valence-corrected chi connectivity index (χ2v) is 10.1. The van der Waals surface area contributed by atoms with Crippen LogP contribution in [0.1, 0.15) is 48.2 Å². The van der Waals surface area contributed by atoms with Gasteiger partial charge in [0.15, 0.2) is 6.61 Å². The third-order valence-corrected chi connectivity index (χ3v) is 6.68. The quantitative estimate of drug-likeness (QED) is 0.352. The van der Waals surface area contributed by atoms with Gasteiger partial charge in [0.05, 0.1) is 5.39 Å². The molecule has 1 aliphatic rings. The summed E-state index contributed by atoms with van der Waals surface area (Å²) < 4.78 is 18.2. The molecule has 1 N–H and O–H groups in total. The number of amides is 1. The van der Waals surface area contributed by atoms with Gasteiger partial charge in [-0.15, -0.1) is 0 Å². The zero-order valence-electron chi connectivity index (χ0n) is 21.5. The Balaban J connectivity index is 1.55. The van der Waals surface area contributed by atoms with E-state index in [1.165, 1.54) is 0 Å². The molecule has 0 radical (unpaired) electrons. The Kier molecular flexibility index (Phi) is 6.46. The zero-order chi connectivity index (χ0) is 26.2. The molecule has 2 aromatic heterocycles. The van der Waals surface area contributed by atoms with E-state index in [-0.39, 0.29) is 23.7 Å². The van der Waals surface area contributed by atoms with Gasteiger partial charge in [-0.25, -0.2) is 9.78 Å². The summed E-state index contributed by atoms with van der Waals surface area (Å²) in [6.07, 6.45) is 1.93. The lowest BCUT2D eigenvalue weighted by atomic mass is 9.91. The maximum Gasteiger partial charge on any atom is 0.340 e. The first kappa shape index (κ1) is 24.6. The van der Waals surface area contributed by atoms with E-state index in [4.69, 9.17) is 13.9 Å². The van der Waals surface area contributed by atoms with Crippen LogP contribution in [-0.2, 0) is 17.6 Å². The number of benzene rings is 2. The highest BCUT2D eigenvalue weighted by atomic mass is 16.5. The maximum atomic E-state index is 13.2. The number of fused-ring (bicyclic) bond motifs is 3. The van der Waals surface area contributed by atoms with E-state index in [2.05, 4.69) is 10.3 Å². The normalized spacial score (nSPS) is 14.1. The molecule has 1 amide bonds. The van der Waals surface area contributed by atoms with Crippen LogP contribution in [-0.4, -0.2) is 23.1 Å². The van der Waals surface area contributed by atoms with E-state index in [0.29, 0.717) is 46.7 Å². The molecule has 0 atom stereocenters. The van der Waals surface area contributed by atoms with Crippen molar-refractivity contribution >= 4 is 22.7 Å². The lowest BCUT2D eigenvalue weighted by Gasteiger charge is -2.33. The molecule has 0 fully saturated rings. The van der Waals surface area contributed by atoms with Crippen LogP contribution in [0.15, 0.2) is 63.8 Å². The summed E-state index contributed by atoms with van der Waals surface area (Å²) in [6.45, 7) is 7.57. The number of nitrogens with zero attached hydrogens (tertiary/aromatic N) is 1. The summed E-state index contributed by atoms with van der Waals surface area (Å²) in [6, 6.07) is 17.0. The lowest BCUT2D eigenvalue weighted by molar-refractivity contribution is -0.118. The van der Waals surface area contributed by atoms with Gasteiger partial charge >= 0.3 is 5.63 Å². The fourth-order valence-corrected chi connectivity index (χ4v) is 4.74. The van der Waals surface area contributed by atoms with Crippen LogP contribution in [0.25, 0.3) is 11.0 Å². The van der Waals surface area contributed by atoms with Crippen LogP contribution in [0.3, 0.4) is 0 Å². The molecule has 7 heteroatoms. The van der Waals surface area contributed by atoms with Crippen LogP contribution in [0, 0.1) is 13.8 Å². The first-order valence-electron chi connectivity index (χ1n) is 12.4. The van der Waals surface area contributed by atoms with E-state index in [9.17, 15) is 9.59 Å². The average molecular weight is 499 g/mol. The van der Waals surface area contributed by atoms with E-state index < -0.39 is 0 Å². The Bertz CT molecular complexity index is 1540. The minimum atomic E-state index is -0.374. The van der Waals surface area contributed by atoms with Crippen molar-refractivity contribution in [3.63, 3.8) is 0 Å². The number of anilines is 1. The van der Waals surface area contributed by atoms with E-state index in [1.807, 2.05) is 76.2 Å². The van der Waals surface area contributed by atoms with Crippen molar-refractivity contribution < 1.29 is 18.7 Å². The van der Waals surface area contributed by atoms with Crippen LogP contribution >= 0.6 is 0 Å². The summed E-state index contributed by atoms with van der Waals surface area (Å²) in [5.74, 6) is 1.17. The van der Waals surface area contributed by atoms with Crippen molar-refractivity contribution in [3.05, 3.63) is 93.0 Å². The predicted octanol–water partition coefficient (Wildman–Crippen LogP) is 5.52. The predicted molar refractivity (Wildman–Crippen MR) is 143 cm³/mol. The van der Waals surface area contributed by atoms with Gasteiger partial charge in [-0.05, 0) is 63.8 Å². The molecular weight excluding hydrogens is 468 g/mol. The molecule has 190 valence electrons. The number of aromatic nitrogens is 1. The molecule has 0 saturated carbocycles. The summed E-state index contributed by atoms with van der Waals surface area (Å²) in [7, 11) is 0. The highest BCUT2D eigenvalue weighted by Crippen LogP contribution is 2.43. The molecule has 1 aliphatic heterocycles. The molecule has 7 nitrogen and oxygen atoms in total. The fraction of sp³-hybridized carbons (Fsp3) is 0.300. The zero-order valence-corrected chi connectivity index (χ0v) is 21.5. The van der Waals surface area contributed by atoms with Gasteiger partial charge in [-0.2, -0.15) is 0 Å². The van der Waals surface area contributed by atoms with Crippen molar-refractivity contribution in [2.75, 3.05) is 11.9 Å². The van der Waals surface area contributed by atoms with Crippen molar-refractivity contribution in [2.24, 2.45) is 0 Å². The van der Waals surface area contributed by atoms with Crippen LogP contribution in [0.2, 0.25) is 0 Å². The Morgan fingerprint density at radius 1 is 1.11 bits per heavy atom. The molecule has 3 heterocycles. The number of ether oxygens (including phenoxy) is 2. The van der Waals surface area contributed by atoms with Gasteiger partial charge in [0.2, 0.25) is 0 Å². The van der Waals surface area contributed by atoms with E-state index in [1.54, 1.807) is 6.07 Å². The minimum absolute atomic E-state index is 0.237. The van der Waals surface area contributed by atoms with Crippen LogP contribution < -0.4 is 20.4 Å². The van der Waals surface area contributed by atoms with Crippen molar-refractivity contribution in [2.45, 2.75) is 52.6 Å². The number of rotatable bonds is 6. The Labute approximate surface area is 215 Å². The molecule has 2 aromatic carbocycles. The number of hydrogen-bond donors (Lipinski definition) is 1. The van der Waals surface area contributed by atoms with Crippen molar-refractivity contribution in [1.29, 1.82) is 0 Å². The monoisotopic (exact) mass is 498 g/mol. The number of carbonyl (C=O) groups excluding carboxylic acids is 1. The molecule has 5 rings (SSSR count). The average Bonchev–Trinajstić information content (AvgIpc) is 2.85. The summed E-state index contributed by atoms with van der Waals surface area (Å²) >= 11 is 0. The maximum absolute atomic E-state index is 13.2. The van der Waals surface area contributed by atoms with Gasteiger partial charge in [-0.3, -0.25) is 4.79 Å². The van der Waals surface area contributed by atoms with Gasteiger partial charge < -0.3 is 19.2 Å². The first-order chi connectivity index (χ1) is 17.7. The van der Waals surface area contributed by atoms with Crippen LogP contribution in [0.5, 0.6) is 11.5 Å². The number of carbonyl (C=O) groups is 1. The van der Waals surface area contributed by atoms with Gasteiger partial charge in [-0.1, -0.05) is 36.4 Å². The third kappa shape index (κ3) is 5.21. The number of nitrogens with one attached hydrogen (secondary N) is 1. The summed E-state index contributed by atoms with van der Waals surface area (Å²) in [5.41, 5.74) is 3.72. The van der Waals surface area contributed by atoms with E-state index in [0.717, 1.165) is 28.8 Å². The molecule has 0 bridgehead atoms. The largest absolute Gasteiger partial charge is 0.487 e. The SMILES string of the molecule is Cc1cccc(NC(=O)COc2cc3c(c4oc(=O)c(Cc5ccccc5)c(C)c24)CCC(C)(C)O3)n1. The number of aryl methyl sites for hydroxylation is 3. The smallest absolute Gasteiger partial charge is 0.340 e. The minimum Gasteiger partial charge on any atom is -0.487 e. The standard InChI is InChI=1S/C30H30N2O5/c1-18-9-8-12-25(31-18)32-26(33)17-35-24-16-23-21(13-14-30(3,4)37-23)28-27(24)19(2)22(29(34)36-28)15-20-10-6-5-7-11-20/h5-12,16H,13-15,17H2,1-4H3,(H,31,32,33). The highest BCUT2D eigenvalue weighted by molar-refractivity contribution is 5.94. The first-order valence-corrected chi connectivity index (χ1v) is 12.4. The van der Waals surface area contributed by atoms with Gasteiger partial charge in [0.1, 0.15) is 28.5 Å². The van der Waals surface area contributed by atoms with Crippen molar-refractivity contribution in [3.8, 4) is 11.5 Å². The second-order valence-electron chi connectivity index (χ2n) is 10.1.